The molecule has 2 heterocycles. The molecule has 3 N–H and O–H groups in total. The molecule has 0 unspecified atom stereocenters. The third-order valence-corrected chi connectivity index (χ3v) is 3.41. The molecule has 1 aliphatic carbocycles. The van der Waals surface area contributed by atoms with Crippen LogP contribution < -0.4 is 11.3 Å². The first kappa shape index (κ1) is 12.1. The van der Waals surface area contributed by atoms with Gasteiger partial charge in [-0.05, 0) is 25.7 Å². The van der Waals surface area contributed by atoms with Gasteiger partial charge in [-0.1, -0.05) is 6.92 Å². The number of aryl methyl sites for hydroxylation is 2. The maximum Gasteiger partial charge on any atom is 0.165 e. The third-order valence-electron chi connectivity index (χ3n) is 3.41. The van der Waals surface area contributed by atoms with Crippen LogP contribution in [0.1, 0.15) is 31.0 Å². The maximum absolute atomic E-state index is 5.56. The lowest BCUT2D eigenvalue weighted by Gasteiger charge is -2.08. The van der Waals surface area contributed by atoms with E-state index >= 15 is 0 Å². The number of hydrogen-bond acceptors (Lipinski definition) is 5. The van der Waals surface area contributed by atoms with Crippen LogP contribution in [-0.4, -0.2) is 19.7 Å². The molecule has 2 aromatic heterocycles. The number of rotatable bonds is 4. The Labute approximate surface area is 112 Å². The van der Waals surface area contributed by atoms with E-state index in [4.69, 9.17) is 5.84 Å². The second-order valence-corrected chi connectivity index (χ2v) is 4.81. The molecule has 0 atom stereocenters. The highest BCUT2D eigenvalue weighted by molar-refractivity contribution is 5.59. The molecular weight excluding hydrogens is 240 g/mol. The van der Waals surface area contributed by atoms with Gasteiger partial charge in [0.25, 0.3) is 0 Å². The Bertz CT molecular complexity index is 589. The summed E-state index contributed by atoms with van der Waals surface area (Å²) in [6.45, 7) is 3.04. The molecule has 0 radical (unpaired) electrons. The van der Waals surface area contributed by atoms with Gasteiger partial charge in [0.2, 0.25) is 0 Å². The number of fused-ring (bicyclic) bond motifs is 1. The van der Waals surface area contributed by atoms with Gasteiger partial charge in [-0.2, -0.15) is 5.10 Å². The molecule has 100 valence electrons. The van der Waals surface area contributed by atoms with Gasteiger partial charge in [0.15, 0.2) is 5.82 Å². The first-order chi connectivity index (χ1) is 9.31. The van der Waals surface area contributed by atoms with Crippen molar-refractivity contribution in [1.82, 2.24) is 19.7 Å². The Morgan fingerprint density at radius 1 is 1.37 bits per heavy atom. The maximum atomic E-state index is 5.56. The van der Waals surface area contributed by atoms with Crippen LogP contribution in [0.25, 0.3) is 11.4 Å². The normalized spacial score (nSPS) is 13.6. The smallest absolute Gasteiger partial charge is 0.165 e. The fourth-order valence-corrected chi connectivity index (χ4v) is 2.51. The van der Waals surface area contributed by atoms with Crippen molar-refractivity contribution in [1.29, 1.82) is 0 Å². The zero-order chi connectivity index (χ0) is 13.2. The van der Waals surface area contributed by atoms with Crippen molar-refractivity contribution in [3.63, 3.8) is 0 Å². The fourth-order valence-electron chi connectivity index (χ4n) is 2.51. The zero-order valence-electron chi connectivity index (χ0n) is 11.1. The van der Waals surface area contributed by atoms with E-state index in [-0.39, 0.29) is 0 Å². The highest BCUT2D eigenvalue weighted by atomic mass is 15.3. The van der Waals surface area contributed by atoms with E-state index in [0.717, 1.165) is 54.9 Å². The average molecular weight is 258 g/mol. The highest BCUT2D eigenvalue weighted by Crippen LogP contribution is 2.28. The molecule has 0 amide bonds. The Morgan fingerprint density at radius 2 is 2.26 bits per heavy atom. The van der Waals surface area contributed by atoms with Gasteiger partial charge in [0, 0.05) is 24.0 Å². The second kappa shape index (κ2) is 4.97. The Kier molecular flexibility index (Phi) is 3.16. The van der Waals surface area contributed by atoms with E-state index < -0.39 is 0 Å². The molecule has 0 aromatic carbocycles. The van der Waals surface area contributed by atoms with Crippen molar-refractivity contribution in [3.8, 4) is 11.4 Å². The van der Waals surface area contributed by atoms with Gasteiger partial charge in [-0.15, -0.1) is 0 Å². The average Bonchev–Trinajstić information content (AvgIpc) is 3.06. The van der Waals surface area contributed by atoms with Crippen LogP contribution in [-0.2, 0) is 19.4 Å². The summed E-state index contributed by atoms with van der Waals surface area (Å²) < 4.78 is 1.92. The third kappa shape index (κ3) is 2.19. The minimum atomic E-state index is 0.705. The van der Waals surface area contributed by atoms with Crippen molar-refractivity contribution in [2.24, 2.45) is 5.84 Å². The number of hydrogen-bond donors (Lipinski definition) is 2. The van der Waals surface area contributed by atoms with Crippen molar-refractivity contribution in [2.75, 3.05) is 5.43 Å². The Morgan fingerprint density at radius 3 is 3.05 bits per heavy atom. The number of anilines is 1. The van der Waals surface area contributed by atoms with Crippen LogP contribution in [0, 0.1) is 0 Å². The van der Waals surface area contributed by atoms with Crippen molar-refractivity contribution >= 4 is 5.82 Å². The summed E-state index contributed by atoms with van der Waals surface area (Å²) in [7, 11) is 0. The van der Waals surface area contributed by atoms with Gasteiger partial charge >= 0.3 is 0 Å². The summed E-state index contributed by atoms with van der Waals surface area (Å²) in [6, 6.07) is 0. The molecule has 6 nitrogen and oxygen atoms in total. The van der Waals surface area contributed by atoms with Gasteiger partial charge in [0.1, 0.15) is 5.82 Å². The van der Waals surface area contributed by atoms with E-state index in [2.05, 4.69) is 27.4 Å². The van der Waals surface area contributed by atoms with Crippen LogP contribution in [0.4, 0.5) is 5.82 Å². The number of nitrogen functional groups attached to an aromatic ring is 1. The van der Waals surface area contributed by atoms with Crippen molar-refractivity contribution in [3.05, 3.63) is 23.7 Å². The Balaban J connectivity index is 2.00. The SMILES string of the molecule is CCCn1cc(-c2nc3c(c(NN)n2)CCC3)cn1. The molecule has 0 aliphatic heterocycles. The zero-order valence-corrected chi connectivity index (χ0v) is 11.1. The predicted octanol–water partition coefficient (Wildman–Crippen LogP) is 1.52. The molecule has 0 saturated carbocycles. The van der Waals surface area contributed by atoms with Gasteiger partial charge < -0.3 is 5.43 Å². The van der Waals surface area contributed by atoms with Gasteiger partial charge in [-0.25, -0.2) is 15.8 Å². The fraction of sp³-hybridized carbons (Fsp3) is 0.462. The molecule has 0 fully saturated rings. The van der Waals surface area contributed by atoms with E-state index in [1.807, 2.05) is 17.1 Å². The first-order valence-electron chi connectivity index (χ1n) is 6.71. The number of aromatic nitrogens is 4. The molecule has 3 rings (SSSR count). The van der Waals surface area contributed by atoms with Crippen LogP contribution in [0.3, 0.4) is 0 Å². The first-order valence-corrected chi connectivity index (χ1v) is 6.71. The lowest BCUT2D eigenvalue weighted by molar-refractivity contribution is 0.603. The van der Waals surface area contributed by atoms with E-state index in [1.54, 1.807) is 0 Å². The van der Waals surface area contributed by atoms with Crippen molar-refractivity contribution in [2.45, 2.75) is 39.2 Å². The van der Waals surface area contributed by atoms with E-state index in [9.17, 15) is 0 Å². The van der Waals surface area contributed by atoms with E-state index in [0.29, 0.717) is 5.82 Å². The van der Waals surface area contributed by atoms with Crippen LogP contribution >= 0.6 is 0 Å². The highest BCUT2D eigenvalue weighted by Gasteiger charge is 2.19. The summed E-state index contributed by atoms with van der Waals surface area (Å²) in [6.07, 6.45) is 7.99. The van der Waals surface area contributed by atoms with Crippen LogP contribution in [0.2, 0.25) is 0 Å². The Hall–Kier alpha value is -1.95. The molecule has 0 spiro atoms. The number of hydrazine groups is 1. The molecule has 19 heavy (non-hydrogen) atoms. The largest absolute Gasteiger partial charge is 0.308 e. The summed E-state index contributed by atoms with van der Waals surface area (Å²) in [4.78, 5) is 9.15. The lowest BCUT2D eigenvalue weighted by atomic mass is 10.2. The molecule has 6 heteroatoms. The predicted molar refractivity (Wildman–Crippen MR) is 73.4 cm³/mol. The minimum Gasteiger partial charge on any atom is -0.308 e. The minimum absolute atomic E-state index is 0.705. The number of nitrogens with zero attached hydrogens (tertiary/aromatic N) is 4. The van der Waals surface area contributed by atoms with Crippen LogP contribution in [0.5, 0.6) is 0 Å². The lowest BCUT2D eigenvalue weighted by Crippen LogP contribution is -2.12. The standard InChI is InChI=1S/C13H18N6/c1-2-6-19-8-9(7-15-19)12-16-11-5-3-4-10(11)13(17-12)18-14/h7-8H,2-6,14H2,1H3,(H,16,17,18). The summed E-state index contributed by atoms with van der Waals surface area (Å²) in [5.41, 5.74) is 5.91. The molecule has 1 aliphatic rings. The second-order valence-electron chi connectivity index (χ2n) is 4.81. The monoisotopic (exact) mass is 258 g/mol. The topological polar surface area (TPSA) is 81.7 Å². The molecule has 0 saturated heterocycles. The molecular formula is C13H18N6. The summed E-state index contributed by atoms with van der Waals surface area (Å²) in [5, 5.41) is 4.32. The van der Waals surface area contributed by atoms with E-state index in [1.165, 1.54) is 0 Å². The molecule has 0 bridgehead atoms. The van der Waals surface area contributed by atoms with Crippen molar-refractivity contribution < 1.29 is 0 Å². The number of nitrogens with two attached hydrogens (primary N) is 1. The number of nitrogens with one attached hydrogen (secondary N) is 1. The molecule has 2 aromatic rings. The van der Waals surface area contributed by atoms with Gasteiger partial charge in [0.05, 0.1) is 11.8 Å². The summed E-state index contributed by atoms with van der Waals surface area (Å²) in [5.74, 6) is 7.02. The van der Waals surface area contributed by atoms with Gasteiger partial charge in [-0.3, -0.25) is 4.68 Å². The summed E-state index contributed by atoms with van der Waals surface area (Å²) >= 11 is 0. The quantitative estimate of drug-likeness (QED) is 0.642. The van der Waals surface area contributed by atoms with Crippen LogP contribution in [0.15, 0.2) is 12.4 Å².